The number of amides is 2. The zero-order valence-electron chi connectivity index (χ0n) is 15.1. The molecule has 0 aliphatic rings. The van der Waals surface area contributed by atoms with E-state index in [4.69, 9.17) is 9.84 Å². The Morgan fingerprint density at radius 1 is 1.11 bits per heavy atom. The third kappa shape index (κ3) is 4.91. The van der Waals surface area contributed by atoms with Gasteiger partial charge in [-0.2, -0.15) is 5.10 Å². The molecule has 0 saturated carbocycles. The van der Waals surface area contributed by atoms with Crippen LogP contribution in [0, 0.1) is 13.8 Å². The van der Waals surface area contributed by atoms with Gasteiger partial charge in [0.05, 0.1) is 13.3 Å². The van der Waals surface area contributed by atoms with Gasteiger partial charge in [0.25, 0.3) is 0 Å². The van der Waals surface area contributed by atoms with Gasteiger partial charge in [-0.05, 0) is 54.8 Å². The Morgan fingerprint density at radius 3 is 2.52 bits per heavy atom. The van der Waals surface area contributed by atoms with Crippen molar-refractivity contribution in [3.8, 4) is 5.75 Å². The molecule has 0 bridgehead atoms. The first-order chi connectivity index (χ1) is 12.8. The highest BCUT2D eigenvalue weighted by Crippen LogP contribution is 2.19. The first kappa shape index (κ1) is 19.6. The fraction of sp³-hybridized carbons (Fsp3) is 0.158. The Balaban J connectivity index is 2.02. The van der Waals surface area contributed by atoms with Gasteiger partial charge >= 0.3 is 17.8 Å². The molecule has 27 heavy (non-hydrogen) atoms. The predicted molar refractivity (Wildman–Crippen MR) is 100 cm³/mol. The van der Waals surface area contributed by atoms with E-state index >= 15 is 0 Å². The van der Waals surface area contributed by atoms with Gasteiger partial charge in [-0.15, -0.1) is 0 Å². The lowest BCUT2D eigenvalue weighted by atomic mass is 10.1. The zero-order chi connectivity index (χ0) is 20.0. The molecule has 140 valence electrons. The zero-order valence-corrected chi connectivity index (χ0v) is 15.1. The fourth-order valence-electron chi connectivity index (χ4n) is 2.25. The summed E-state index contributed by atoms with van der Waals surface area (Å²) in [6.45, 7) is 3.74. The third-order valence-electron chi connectivity index (χ3n) is 3.89. The molecule has 2 aromatic carbocycles. The molecule has 0 heterocycles. The maximum Gasteiger partial charge on any atom is 0.339 e. The molecule has 2 amide bonds. The summed E-state index contributed by atoms with van der Waals surface area (Å²) in [6, 6.07) is 9.75. The number of aromatic carboxylic acids is 1. The molecule has 8 heteroatoms. The average molecular weight is 369 g/mol. The number of hydrogen-bond acceptors (Lipinski definition) is 5. The molecule has 0 saturated heterocycles. The number of nitrogens with zero attached hydrogens (tertiary/aromatic N) is 1. The van der Waals surface area contributed by atoms with Crippen molar-refractivity contribution in [1.82, 2.24) is 5.43 Å². The second-order valence-corrected chi connectivity index (χ2v) is 5.67. The minimum Gasteiger partial charge on any atom is -0.496 e. The van der Waals surface area contributed by atoms with Crippen LogP contribution in [0.3, 0.4) is 0 Å². The van der Waals surface area contributed by atoms with Crippen LogP contribution in [0.4, 0.5) is 5.69 Å². The quantitative estimate of drug-likeness (QED) is 0.424. The first-order valence-electron chi connectivity index (χ1n) is 7.95. The number of methoxy groups -OCH3 is 1. The lowest BCUT2D eigenvalue weighted by Gasteiger charge is -2.09. The Bertz CT molecular complexity index is 922. The molecule has 0 atom stereocenters. The van der Waals surface area contributed by atoms with Gasteiger partial charge in [0, 0.05) is 5.69 Å². The van der Waals surface area contributed by atoms with Crippen molar-refractivity contribution in [3.63, 3.8) is 0 Å². The number of benzene rings is 2. The largest absolute Gasteiger partial charge is 0.496 e. The maximum absolute atomic E-state index is 12.0. The SMILES string of the molecule is COc1ccc(/C=N\NC(=O)C(=O)Nc2cccc(C)c2C)cc1C(=O)O. The van der Waals surface area contributed by atoms with Crippen molar-refractivity contribution < 1.29 is 24.2 Å². The summed E-state index contributed by atoms with van der Waals surface area (Å²) in [6.07, 6.45) is 1.23. The normalized spacial score (nSPS) is 10.5. The highest BCUT2D eigenvalue weighted by molar-refractivity contribution is 6.39. The molecule has 0 aliphatic heterocycles. The Hall–Kier alpha value is -3.68. The van der Waals surface area contributed by atoms with E-state index in [0.29, 0.717) is 11.3 Å². The Morgan fingerprint density at radius 2 is 1.85 bits per heavy atom. The summed E-state index contributed by atoms with van der Waals surface area (Å²) >= 11 is 0. The van der Waals surface area contributed by atoms with E-state index in [1.165, 1.54) is 25.5 Å². The number of nitrogens with one attached hydrogen (secondary N) is 2. The van der Waals surface area contributed by atoms with Crippen molar-refractivity contribution in [2.75, 3.05) is 12.4 Å². The topological polar surface area (TPSA) is 117 Å². The van der Waals surface area contributed by atoms with Gasteiger partial charge in [-0.1, -0.05) is 12.1 Å². The summed E-state index contributed by atoms with van der Waals surface area (Å²) in [7, 11) is 1.37. The lowest BCUT2D eigenvalue weighted by Crippen LogP contribution is -2.32. The Kier molecular flexibility index (Phi) is 6.27. The molecule has 2 rings (SSSR count). The van der Waals surface area contributed by atoms with Crippen LogP contribution in [-0.2, 0) is 9.59 Å². The molecule has 0 fully saturated rings. The number of carbonyl (C=O) groups is 3. The predicted octanol–water partition coefficient (Wildman–Crippen LogP) is 2.10. The van der Waals surface area contributed by atoms with Crippen molar-refractivity contribution >= 4 is 29.7 Å². The number of carboxylic acids is 1. The minimum atomic E-state index is -1.15. The van der Waals surface area contributed by atoms with E-state index < -0.39 is 17.8 Å². The summed E-state index contributed by atoms with van der Waals surface area (Å²) in [4.78, 5) is 35.0. The van der Waals surface area contributed by atoms with Gasteiger partial charge in [-0.25, -0.2) is 10.2 Å². The number of anilines is 1. The van der Waals surface area contributed by atoms with E-state index in [1.807, 2.05) is 19.9 Å². The average Bonchev–Trinajstić information content (AvgIpc) is 2.65. The third-order valence-corrected chi connectivity index (χ3v) is 3.89. The number of hydrogen-bond donors (Lipinski definition) is 3. The monoisotopic (exact) mass is 369 g/mol. The van der Waals surface area contributed by atoms with Gasteiger partial charge in [0.2, 0.25) is 0 Å². The van der Waals surface area contributed by atoms with Crippen LogP contribution in [0.25, 0.3) is 0 Å². The van der Waals surface area contributed by atoms with Crippen LogP contribution in [0.15, 0.2) is 41.5 Å². The molecule has 0 unspecified atom stereocenters. The van der Waals surface area contributed by atoms with Crippen LogP contribution in [0.1, 0.15) is 27.0 Å². The van der Waals surface area contributed by atoms with Crippen molar-refractivity contribution in [2.24, 2.45) is 5.10 Å². The number of carboxylic acid groups (broad SMARTS) is 1. The highest BCUT2D eigenvalue weighted by Gasteiger charge is 2.14. The Labute approximate surface area is 155 Å². The van der Waals surface area contributed by atoms with E-state index in [0.717, 1.165) is 11.1 Å². The van der Waals surface area contributed by atoms with Gasteiger partial charge in [0.15, 0.2) is 0 Å². The molecule has 0 aromatic heterocycles. The number of rotatable bonds is 5. The molecular formula is C19H19N3O5. The van der Waals surface area contributed by atoms with Crippen molar-refractivity contribution in [1.29, 1.82) is 0 Å². The van der Waals surface area contributed by atoms with E-state index in [-0.39, 0.29) is 11.3 Å². The molecule has 0 aliphatic carbocycles. The minimum absolute atomic E-state index is 0.0413. The van der Waals surface area contributed by atoms with Crippen LogP contribution in [0.5, 0.6) is 5.75 Å². The number of hydrazone groups is 1. The van der Waals surface area contributed by atoms with Crippen LogP contribution in [0.2, 0.25) is 0 Å². The van der Waals surface area contributed by atoms with Crippen LogP contribution < -0.4 is 15.5 Å². The molecular weight excluding hydrogens is 350 g/mol. The van der Waals surface area contributed by atoms with Gasteiger partial charge in [-0.3, -0.25) is 9.59 Å². The van der Waals surface area contributed by atoms with E-state index in [9.17, 15) is 14.4 Å². The summed E-state index contributed by atoms with van der Waals surface area (Å²) < 4.78 is 4.96. The number of ether oxygens (including phenoxy) is 1. The molecule has 2 aromatic rings. The van der Waals surface area contributed by atoms with Crippen LogP contribution in [-0.4, -0.2) is 36.2 Å². The van der Waals surface area contributed by atoms with Gasteiger partial charge < -0.3 is 15.2 Å². The maximum atomic E-state index is 12.0. The molecule has 3 N–H and O–H groups in total. The molecule has 0 radical (unpaired) electrons. The highest BCUT2D eigenvalue weighted by atomic mass is 16.5. The fourth-order valence-corrected chi connectivity index (χ4v) is 2.25. The summed E-state index contributed by atoms with van der Waals surface area (Å²) in [5.41, 5.74) is 4.87. The van der Waals surface area contributed by atoms with Gasteiger partial charge in [0.1, 0.15) is 11.3 Å². The van der Waals surface area contributed by atoms with Crippen molar-refractivity contribution in [2.45, 2.75) is 13.8 Å². The summed E-state index contributed by atoms with van der Waals surface area (Å²) in [5, 5.41) is 15.3. The standard InChI is InChI=1S/C19H19N3O5/c1-11-5-4-6-15(12(11)2)21-17(23)18(24)22-20-10-13-7-8-16(27-3)14(9-13)19(25)26/h4-10H,1-3H3,(H,21,23)(H,22,24)(H,25,26)/b20-10-. The summed E-state index contributed by atoms with van der Waals surface area (Å²) in [5.74, 6) is -2.75. The van der Waals surface area contributed by atoms with Crippen molar-refractivity contribution in [3.05, 3.63) is 58.7 Å². The number of carbonyl (C=O) groups excluding carboxylic acids is 2. The second kappa shape index (κ2) is 8.61. The van der Waals surface area contributed by atoms with Crippen LogP contribution >= 0.6 is 0 Å². The smallest absolute Gasteiger partial charge is 0.339 e. The van der Waals surface area contributed by atoms with E-state index in [2.05, 4.69) is 15.8 Å². The number of aryl methyl sites for hydroxylation is 1. The molecule has 0 spiro atoms. The first-order valence-corrected chi connectivity index (χ1v) is 7.95. The molecule has 8 nitrogen and oxygen atoms in total. The lowest BCUT2D eigenvalue weighted by molar-refractivity contribution is -0.136. The second-order valence-electron chi connectivity index (χ2n) is 5.67. The van der Waals surface area contributed by atoms with E-state index in [1.54, 1.807) is 18.2 Å².